The number of carboxylic acid groups (broad SMARTS) is 1. The number of Topliss-reactive ketones (excluding diaryl/α,β-unsaturated/α-hetero) is 2. The van der Waals surface area contributed by atoms with E-state index in [1.807, 2.05) is 4.90 Å². The average molecular weight is 581 g/mol. The van der Waals surface area contributed by atoms with Gasteiger partial charge in [-0.2, -0.15) is 0 Å². The Labute approximate surface area is 241 Å². The van der Waals surface area contributed by atoms with Gasteiger partial charge in [0.05, 0.1) is 23.5 Å². The lowest BCUT2D eigenvalue weighted by Gasteiger charge is -2.44. The first-order valence-corrected chi connectivity index (χ1v) is 13.8. The molecule has 0 unspecified atom stereocenters. The zero-order chi connectivity index (χ0) is 29.3. The van der Waals surface area contributed by atoms with Crippen LogP contribution in [0.4, 0.5) is 5.69 Å². The quantitative estimate of drug-likeness (QED) is 0.291. The van der Waals surface area contributed by atoms with Gasteiger partial charge in [-0.25, -0.2) is 0 Å². The van der Waals surface area contributed by atoms with E-state index in [0.717, 1.165) is 11.4 Å². The number of hydrogen-bond acceptors (Lipinski definition) is 8. The molecule has 0 aromatic heterocycles. The Hall–Kier alpha value is -4.18. The summed E-state index contributed by atoms with van der Waals surface area (Å²) in [6.45, 7) is 0.275. The van der Waals surface area contributed by atoms with E-state index in [9.17, 15) is 29.6 Å². The molecule has 5 rings (SSSR count). The van der Waals surface area contributed by atoms with Crippen molar-refractivity contribution in [3.63, 3.8) is 0 Å². The summed E-state index contributed by atoms with van der Waals surface area (Å²) >= 11 is 6.73. The van der Waals surface area contributed by atoms with E-state index in [0.29, 0.717) is 66.5 Å². The minimum absolute atomic E-state index is 0.0282. The van der Waals surface area contributed by atoms with E-state index in [-0.39, 0.29) is 47.6 Å². The van der Waals surface area contributed by atoms with Crippen molar-refractivity contribution < 1.29 is 33.9 Å². The van der Waals surface area contributed by atoms with Crippen molar-refractivity contribution in [2.45, 2.75) is 57.5 Å². The number of rotatable bonds is 9. The Morgan fingerprint density at radius 3 is 2.20 bits per heavy atom. The lowest BCUT2D eigenvalue weighted by atomic mass is 9.71. The smallest absolute Gasteiger partial charge is 0.305 e. The summed E-state index contributed by atoms with van der Waals surface area (Å²) < 4.78 is 11.6. The van der Waals surface area contributed by atoms with Gasteiger partial charge >= 0.3 is 5.97 Å². The lowest BCUT2D eigenvalue weighted by Crippen LogP contribution is -2.39. The van der Waals surface area contributed by atoms with Crippen LogP contribution in [0.1, 0.15) is 62.0 Å². The average Bonchev–Trinajstić information content (AvgIpc) is 2.95. The number of nitro groups is 1. The zero-order valence-electron chi connectivity index (χ0n) is 22.5. The standard InChI is InChI=1S/C30H29ClN2O8/c1-40-25-15-18(14-20(31)30(25)41-16-17-8-10-19(11-9-17)33(38)39)27-28-21(4-2-6-23(28)34)32(13-12-26(36)37)22-5-3-7-24(35)29(22)27/h8-11,14-15,27H,2-7,12-13,16H2,1H3,(H,36,37). The molecule has 0 fully saturated rings. The van der Waals surface area contributed by atoms with Crippen LogP contribution in [0.5, 0.6) is 11.5 Å². The summed E-state index contributed by atoms with van der Waals surface area (Å²) in [5.41, 5.74) is 3.90. The van der Waals surface area contributed by atoms with E-state index >= 15 is 0 Å². The van der Waals surface area contributed by atoms with E-state index in [1.54, 1.807) is 24.3 Å². The van der Waals surface area contributed by atoms with Crippen LogP contribution in [0.15, 0.2) is 58.9 Å². The Morgan fingerprint density at radius 1 is 1.05 bits per heavy atom. The number of halogens is 1. The molecule has 41 heavy (non-hydrogen) atoms. The van der Waals surface area contributed by atoms with Crippen LogP contribution in [0, 0.1) is 10.1 Å². The number of aliphatic carboxylic acids is 1. The largest absolute Gasteiger partial charge is 0.493 e. The third kappa shape index (κ3) is 5.56. The molecule has 0 saturated heterocycles. The normalized spacial score (nSPS) is 17.4. The van der Waals surface area contributed by atoms with Gasteiger partial charge in [-0.05, 0) is 61.1 Å². The van der Waals surface area contributed by atoms with E-state index < -0.39 is 16.8 Å². The van der Waals surface area contributed by atoms with Crippen LogP contribution < -0.4 is 9.47 Å². The number of benzene rings is 2. The molecule has 1 N–H and O–H groups in total. The Morgan fingerprint density at radius 2 is 1.66 bits per heavy atom. The number of nitro benzene ring substituents is 1. The zero-order valence-corrected chi connectivity index (χ0v) is 23.2. The Bertz CT molecular complexity index is 1450. The number of carboxylic acids is 1. The van der Waals surface area contributed by atoms with Crippen LogP contribution in [0.2, 0.25) is 5.02 Å². The van der Waals surface area contributed by atoms with E-state index in [2.05, 4.69) is 0 Å². The highest BCUT2D eigenvalue weighted by Crippen LogP contribution is 2.51. The van der Waals surface area contributed by atoms with Gasteiger partial charge in [-0.3, -0.25) is 24.5 Å². The third-order valence-electron chi connectivity index (χ3n) is 7.75. The minimum atomic E-state index is -0.943. The van der Waals surface area contributed by atoms with Gasteiger partial charge in [-0.1, -0.05) is 11.6 Å². The highest BCUT2D eigenvalue weighted by molar-refractivity contribution is 6.32. The van der Waals surface area contributed by atoms with Gasteiger partial charge in [0.2, 0.25) is 0 Å². The molecule has 1 heterocycles. The predicted molar refractivity (Wildman–Crippen MR) is 149 cm³/mol. The van der Waals surface area contributed by atoms with E-state index in [1.165, 1.54) is 19.2 Å². The number of ether oxygens (including phenoxy) is 2. The number of carbonyl (C=O) groups is 3. The second kappa shape index (κ2) is 11.7. The monoisotopic (exact) mass is 580 g/mol. The van der Waals surface area contributed by atoms with Gasteiger partial charge in [-0.15, -0.1) is 0 Å². The third-order valence-corrected chi connectivity index (χ3v) is 8.03. The van der Waals surface area contributed by atoms with Gasteiger partial charge < -0.3 is 19.5 Å². The summed E-state index contributed by atoms with van der Waals surface area (Å²) in [5, 5.41) is 20.5. The fraction of sp³-hybridized carbons (Fsp3) is 0.367. The molecule has 0 spiro atoms. The second-order valence-electron chi connectivity index (χ2n) is 10.2. The number of ketones is 2. The number of carbonyl (C=O) groups excluding carboxylic acids is 2. The first-order valence-electron chi connectivity index (χ1n) is 13.4. The first-order chi connectivity index (χ1) is 19.7. The van der Waals surface area contributed by atoms with Crippen LogP contribution in [-0.2, 0) is 21.0 Å². The van der Waals surface area contributed by atoms with Crippen molar-refractivity contribution in [2.75, 3.05) is 13.7 Å². The van der Waals surface area contributed by atoms with Crippen LogP contribution in [-0.4, -0.2) is 46.1 Å². The summed E-state index contributed by atoms with van der Waals surface area (Å²) in [7, 11) is 1.47. The fourth-order valence-corrected chi connectivity index (χ4v) is 6.22. The lowest BCUT2D eigenvalue weighted by molar-refractivity contribution is -0.384. The van der Waals surface area contributed by atoms with Crippen LogP contribution in [0.25, 0.3) is 0 Å². The Balaban J connectivity index is 1.55. The number of methoxy groups -OCH3 is 1. The maximum Gasteiger partial charge on any atom is 0.305 e. The molecule has 11 heteroatoms. The van der Waals surface area contributed by atoms with Gasteiger partial charge in [0.25, 0.3) is 5.69 Å². The number of non-ortho nitro benzene ring substituents is 1. The molecular weight excluding hydrogens is 552 g/mol. The van der Waals surface area contributed by atoms with Gasteiger partial charge in [0.1, 0.15) is 6.61 Å². The molecule has 2 aromatic carbocycles. The molecule has 0 amide bonds. The number of nitrogens with zero attached hydrogens (tertiary/aromatic N) is 2. The molecule has 10 nitrogen and oxygen atoms in total. The summed E-state index contributed by atoms with van der Waals surface area (Å²) in [4.78, 5) is 50.7. The molecule has 1 aliphatic heterocycles. The molecule has 2 aromatic rings. The van der Waals surface area contributed by atoms with Crippen LogP contribution in [0.3, 0.4) is 0 Å². The van der Waals surface area contributed by atoms with Crippen molar-refractivity contribution >= 4 is 34.8 Å². The summed E-state index contributed by atoms with van der Waals surface area (Å²) in [6.07, 6.45) is 3.13. The molecular formula is C30H29ClN2O8. The molecule has 0 bridgehead atoms. The molecule has 214 valence electrons. The predicted octanol–water partition coefficient (Wildman–Crippen LogP) is 5.72. The highest BCUT2D eigenvalue weighted by Gasteiger charge is 2.43. The molecule has 0 radical (unpaired) electrons. The summed E-state index contributed by atoms with van der Waals surface area (Å²) in [5.74, 6) is -1.12. The number of hydrogen-bond donors (Lipinski definition) is 1. The van der Waals surface area contributed by atoms with Gasteiger partial charge in [0.15, 0.2) is 23.1 Å². The topological polar surface area (TPSA) is 136 Å². The maximum absolute atomic E-state index is 13.4. The first kappa shape index (κ1) is 28.4. The van der Waals surface area contributed by atoms with Crippen molar-refractivity contribution in [3.05, 3.63) is 85.2 Å². The Kier molecular flexibility index (Phi) is 8.12. The van der Waals surface area contributed by atoms with Crippen molar-refractivity contribution in [2.24, 2.45) is 0 Å². The second-order valence-corrected chi connectivity index (χ2v) is 10.7. The number of allylic oxidation sites excluding steroid dienone is 4. The van der Waals surface area contributed by atoms with Crippen LogP contribution >= 0.6 is 11.6 Å². The molecule has 0 saturated carbocycles. The van der Waals surface area contributed by atoms with E-state index in [4.69, 9.17) is 21.1 Å². The van der Waals surface area contributed by atoms with Crippen molar-refractivity contribution in [3.8, 4) is 11.5 Å². The molecule has 2 aliphatic carbocycles. The molecule has 3 aliphatic rings. The maximum atomic E-state index is 13.4. The fourth-order valence-electron chi connectivity index (χ4n) is 5.94. The van der Waals surface area contributed by atoms with Gasteiger partial charge in [0, 0.05) is 60.0 Å². The highest BCUT2D eigenvalue weighted by atomic mass is 35.5. The molecule has 0 atom stereocenters. The summed E-state index contributed by atoms with van der Waals surface area (Å²) in [6, 6.07) is 9.39. The SMILES string of the molecule is COc1cc(C2C3=C(CCCC3=O)N(CCC(=O)O)C3=C2C(=O)CCC3)cc(Cl)c1OCc1ccc([N+](=O)[O-])cc1. The van der Waals surface area contributed by atoms with Crippen molar-refractivity contribution in [1.82, 2.24) is 4.90 Å². The van der Waals surface area contributed by atoms with Crippen molar-refractivity contribution in [1.29, 1.82) is 0 Å². The minimum Gasteiger partial charge on any atom is -0.493 e.